The van der Waals surface area contributed by atoms with Gasteiger partial charge in [0.2, 0.25) is 0 Å². The van der Waals surface area contributed by atoms with Crippen LogP contribution in [0.2, 0.25) is 0 Å². The molecule has 1 heterocycles. The number of methoxy groups -OCH3 is 1. The topological polar surface area (TPSA) is 33.7 Å². The van der Waals surface area contributed by atoms with Gasteiger partial charge in [0.25, 0.3) is 0 Å². The van der Waals surface area contributed by atoms with Crippen molar-refractivity contribution in [2.24, 2.45) is 5.92 Å². The molecule has 1 rings (SSSR count). The fourth-order valence-corrected chi connectivity index (χ4v) is 2.13. The molecule has 0 aliphatic carbocycles. The zero-order chi connectivity index (χ0) is 11.8. The molecule has 1 saturated heterocycles. The van der Waals surface area contributed by atoms with Crippen LogP contribution in [0.3, 0.4) is 0 Å². The van der Waals surface area contributed by atoms with Gasteiger partial charge < -0.3 is 14.8 Å². The highest BCUT2D eigenvalue weighted by Gasteiger charge is 2.24. The molecule has 0 amide bonds. The van der Waals surface area contributed by atoms with Crippen molar-refractivity contribution in [2.75, 3.05) is 53.1 Å². The van der Waals surface area contributed by atoms with Crippen molar-refractivity contribution in [3.63, 3.8) is 0 Å². The molecule has 1 unspecified atom stereocenters. The van der Waals surface area contributed by atoms with E-state index in [2.05, 4.69) is 24.1 Å². The van der Waals surface area contributed by atoms with Crippen LogP contribution in [0, 0.1) is 5.92 Å². The predicted molar refractivity (Wildman–Crippen MR) is 65.8 cm³/mol. The van der Waals surface area contributed by atoms with Crippen LogP contribution in [0.25, 0.3) is 0 Å². The van der Waals surface area contributed by atoms with Gasteiger partial charge in [0.05, 0.1) is 19.8 Å². The first-order valence-electron chi connectivity index (χ1n) is 6.27. The van der Waals surface area contributed by atoms with Gasteiger partial charge >= 0.3 is 0 Å². The summed E-state index contributed by atoms with van der Waals surface area (Å²) in [5.74, 6) is 0.701. The van der Waals surface area contributed by atoms with E-state index in [-0.39, 0.29) is 0 Å². The number of rotatable bonds is 7. The quantitative estimate of drug-likeness (QED) is 0.649. The third-order valence-corrected chi connectivity index (χ3v) is 3.12. The van der Waals surface area contributed by atoms with E-state index in [1.807, 2.05) is 0 Å². The molecule has 4 heteroatoms. The Hall–Kier alpha value is -0.160. The summed E-state index contributed by atoms with van der Waals surface area (Å²) in [7, 11) is 1.70. The molecule has 96 valence electrons. The Kier molecular flexibility index (Phi) is 6.96. The summed E-state index contributed by atoms with van der Waals surface area (Å²) in [5.41, 5.74) is 0. The monoisotopic (exact) mass is 230 g/mol. The van der Waals surface area contributed by atoms with E-state index in [4.69, 9.17) is 9.47 Å². The molecule has 4 nitrogen and oxygen atoms in total. The molecule has 1 atom stereocenters. The van der Waals surface area contributed by atoms with Gasteiger partial charge in [0.15, 0.2) is 0 Å². The SMILES string of the molecule is COCCOCCN1CCNCC1C(C)C. The molecule has 0 radical (unpaired) electrons. The third kappa shape index (κ3) is 4.78. The smallest absolute Gasteiger partial charge is 0.0700 e. The van der Waals surface area contributed by atoms with Crippen LogP contribution in [0.15, 0.2) is 0 Å². The zero-order valence-electron chi connectivity index (χ0n) is 10.9. The average Bonchev–Trinajstić information content (AvgIpc) is 2.29. The summed E-state index contributed by atoms with van der Waals surface area (Å²) >= 11 is 0. The molecule has 0 spiro atoms. The van der Waals surface area contributed by atoms with Crippen LogP contribution >= 0.6 is 0 Å². The summed E-state index contributed by atoms with van der Waals surface area (Å²) in [4.78, 5) is 2.54. The van der Waals surface area contributed by atoms with Crippen LogP contribution in [-0.2, 0) is 9.47 Å². The van der Waals surface area contributed by atoms with Crippen molar-refractivity contribution in [3.8, 4) is 0 Å². The molecule has 16 heavy (non-hydrogen) atoms. The molecule has 1 N–H and O–H groups in total. The van der Waals surface area contributed by atoms with Gasteiger partial charge in [-0.05, 0) is 5.92 Å². The van der Waals surface area contributed by atoms with E-state index in [9.17, 15) is 0 Å². The Bertz CT molecular complexity index is 176. The lowest BCUT2D eigenvalue weighted by molar-refractivity contribution is 0.0381. The van der Waals surface area contributed by atoms with Crippen molar-refractivity contribution in [1.82, 2.24) is 10.2 Å². The Morgan fingerprint density at radius 3 is 2.81 bits per heavy atom. The highest BCUT2D eigenvalue weighted by atomic mass is 16.5. The molecule has 1 aliphatic rings. The molecule has 0 aromatic carbocycles. The van der Waals surface area contributed by atoms with E-state index in [0.29, 0.717) is 25.2 Å². The maximum atomic E-state index is 5.52. The van der Waals surface area contributed by atoms with E-state index in [0.717, 1.165) is 32.8 Å². The number of nitrogens with one attached hydrogen (secondary N) is 1. The molecule has 0 saturated carbocycles. The molecular formula is C12H26N2O2. The van der Waals surface area contributed by atoms with Crippen molar-refractivity contribution >= 4 is 0 Å². The van der Waals surface area contributed by atoms with Crippen molar-refractivity contribution in [3.05, 3.63) is 0 Å². The van der Waals surface area contributed by atoms with Crippen LogP contribution in [0.4, 0.5) is 0 Å². The van der Waals surface area contributed by atoms with Gasteiger partial charge in [-0.2, -0.15) is 0 Å². The van der Waals surface area contributed by atoms with E-state index < -0.39 is 0 Å². The first-order chi connectivity index (χ1) is 7.75. The average molecular weight is 230 g/mol. The second-order valence-electron chi connectivity index (χ2n) is 4.66. The lowest BCUT2D eigenvalue weighted by atomic mass is 10.0. The second kappa shape index (κ2) is 8.01. The van der Waals surface area contributed by atoms with E-state index in [1.165, 1.54) is 0 Å². The molecule has 1 aliphatic heterocycles. The van der Waals surface area contributed by atoms with Crippen molar-refractivity contribution in [1.29, 1.82) is 0 Å². The van der Waals surface area contributed by atoms with Gasteiger partial charge in [-0.15, -0.1) is 0 Å². The van der Waals surface area contributed by atoms with Gasteiger partial charge in [0.1, 0.15) is 0 Å². The first-order valence-corrected chi connectivity index (χ1v) is 6.27. The third-order valence-electron chi connectivity index (χ3n) is 3.12. The Morgan fingerprint density at radius 1 is 1.31 bits per heavy atom. The predicted octanol–water partition coefficient (Wildman–Crippen LogP) is 0.579. The maximum Gasteiger partial charge on any atom is 0.0700 e. The Labute approximate surface area is 99.3 Å². The summed E-state index contributed by atoms with van der Waals surface area (Å²) < 4.78 is 10.5. The maximum absolute atomic E-state index is 5.52. The van der Waals surface area contributed by atoms with Crippen LogP contribution in [-0.4, -0.2) is 64.1 Å². The van der Waals surface area contributed by atoms with Crippen molar-refractivity contribution < 1.29 is 9.47 Å². The number of piperazine rings is 1. The number of nitrogens with zero attached hydrogens (tertiary/aromatic N) is 1. The Balaban J connectivity index is 2.17. The summed E-state index contributed by atoms with van der Waals surface area (Å²) in [6.45, 7) is 11.2. The van der Waals surface area contributed by atoms with Crippen molar-refractivity contribution in [2.45, 2.75) is 19.9 Å². The fraction of sp³-hybridized carbons (Fsp3) is 1.00. The van der Waals surface area contributed by atoms with Crippen LogP contribution in [0.1, 0.15) is 13.8 Å². The summed E-state index contributed by atoms with van der Waals surface area (Å²) in [5, 5.41) is 3.45. The van der Waals surface area contributed by atoms with Gasteiger partial charge in [0, 0.05) is 39.3 Å². The minimum Gasteiger partial charge on any atom is -0.382 e. The highest BCUT2D eigenvalue weighted by molar-refractivity contribution is 4.81. The normalized spacial score (nSPS) is 22.9. The lowest BCUT2D eigenvalue weighted by Gasteiger charge is -2.38. The number of hydrogen-bond donors (Lipinski definition) is 1. The second-order valence-corrected chi connectivity index (χ2v) is 4.66. The molecule has 0 aromatic rings. The lowest BCUT2D eigenvalue weighted by Crippen LogP contribution is -2.54. The van der Waals surface area contributed by atoms with Gasteiger partial charge in [-0.3, -0.25) is 4.90 Å². The minimum absolute atomic E-state index is 0.653. The zero-order valence-corrected chi connectivity index (χ0v) is 10.9. The van der Waals surface area contributed by atoms with E-state index >= 15 is 0 Å². The minimum atomic E-state index is 0.653. The highest BCUT2D eigenvalue weighted by Crippen LogP contribution is 2.12. The standard InChI is InChI=1S/C12H26N2O2/c1-11(2)12-10-13-4-5-14(12)6-7-16-9-8-15-3/h11-13H,4-10H2,1-3H3. The number of hydrogen-bond acceptors (Lipinski definition) is 4. The van der Waals surface area contributed by atoms with E-state index in [1.54, 1.807) is 7.11 Å². The van der Waals surface area contributed by atoms with Crippen LogP contribution in [0.5, 0.6) is 0 Å². The molecule has 0 bridgehead atoms. The molecular weight excluding hydrogens is 204 g/mol. The largest absolute Gasteiger partial charge is 0.382 e. The summed E-state index contributed by atoms with van der Waals surface area (Å²) in [6, 6.07) is 0.653. The summed E-state index contributed by atoms with van der Waals surface area (Å²) in [6.07, 6.45) is 0. The molecule has 1 fully saturated rings. The van der Waals surface area contributed by atoms with Gasteiger partial charge in [-0.25, -0.2) is 0 Å². The number of ether oxygens (including phenoxy) is 2. The Morgan fingerprint density at radius 2 is 2.12 bits per heavy atom. The van der Waals surface area contributed by atoms with Gasteiger partial charge in [-0.1, -0.05) is 13.8 Å². The molecule has 0 aromatic heterocycles. The fourth-order valence-electron chi connectivity index (χ4n) is 2.13. The van der Waals surface area contributed by atoms with Crippen LogP contribution < -0.4 is 5.32 Å². The first kappa shape index (κ1) is 13.9.